The second kappa shape index (κ2) is 4.59. The van der Waals surface area contributed by atoms with Crippen LogP contribution >= 0.6 is 11.6 Å². The molecule has 2 aromatic rings. The molecule has 3 N–H and O–H groups in total. The highest BCUT2D eigenvalue weighted by Crippen LogP contribution is 2.20. The van der Waals surface area contributed by atoms with E-state index < -0.39 is 0 Å². The van der Waals surface area contributed by atoms with Crippen molar-refractivity contribution in [1.29, 1.82) is 0 Å². The average molecular weight is 249 g/mol. The number of nitrogen functional groups attached to an aromatic ring is 1. The van der Waals surface area contributed by atoms with Gasteiger partial charge in [-0.05, 0) is 38.1 Å². The molecule has 1 heterocycles. The lowest BCUT2D eigenvalue weighted by atomic mass is 10.3. The number of hydrogen-bond donors (Lipinski definition) is 2. The maximum atomic E-state index is 6.00. The van der Waals surface area contributed by atoms with Crippen molar-refractivity contribution in [3.8, 4) is 0 Å². The molecule has 0 atom stereocenters. The van der Waals surface area contributed by atoms with E-state index in [1.807, 2.05) is 38.1 Å². The molecule has 0 aliphatic carbocycles. The first kappa shape index (κ1) is 11.7. The van der Waals surface area contributed by atoms with E-state index in [9.17, 15) is 0 Å². The Balaban J connectivity index is 2.27. The number of nitrogens with one attached hydrogen (secondary N) is 1. The van der Waals surface area contributed by atoms with Gasteiger partial charge in [0.25, 0.3) is 0 Å². The van der Waals surface area contributed by atoms with Crippen molar-refractivity contribution in [2.45, 2.75) is 13.8 Å². The number of benzene rings is 1. The van der Waals surface area contributed by atoms with Crippen LogP contribution in [0.3, 0.4) is 0 Å². The Morgan fingerprint density at radius 2 is 1.59 bits per heavy atom. The Morgan fingerprint density at radius 3 is 2.12 bits per heavy atom. The molecule has 2 rings (SSSR count). The topological polar surface area (TPSA) is 63.8 Å². The number of aromatic nitrogens is 2. The normalized spacial score (nSPS) is 10.3. The largest absolute Gasteiger partial charge is 0.399 e. The molecular formula is C12H13ClN4. The first-order chi connectivity index (χ1) is 8.06. The molecule has 0 radical (unpaired) electrons. The lowest BCUT2D eigenvalue weighted by Gasteiger charge is -2.08. The van der Waals surface area contributed by atoms with Crippen LogP contribution in [0.4, 0.5) is 17.3 Å². The molecule has 88 valence electrons. The maximum Gasteiger partial charge on any atom is 0.227 e. The van der Waals surface area contributed by atoms with Gasteiger partial charge in [0.2, 0.25) is 5.95 Å². The first-order valence-electron chi connectivity index (χ1n) is 5.19. The van der Waals surface area contributed by atoms with Gasteiger partial charge in [-0.1, -0.05) is 11.6 Å². The summed E-state index contributed by atoms with van der Waals surface area (Å²) in [5.41, 5.74) is 8.75. The van der Waals surface area contributed by atoms with Crippen molar-refractivity contribution < 1.29 is 0 Å². The summed E-state index contributed by atoms with van der Waals surface area (Å²) < 4.78 is 0. The van der Waals surface area contributed by atoms with Gasteiger partial charge in [-0.2, -0.15) is 0 Å². The molecule has 1 aromatic heterocycles. The number of aryl methyl sites for hydroxylation is 2. The van der Waals surface area contributed by atoms with Gasteiger partial charge in [-0.3, -0.25) is 0 Å². The summed E-state index contributed by atoms with van der Waals surface area (Å²) in [5.74, 6) is 0.536. The number of nitrogens with two attached hydrogens (primary N) is 1. The Kier molecular flexibility index (Phi) is 3.15. The third-order valence-corrected chi connectivity index (χ3v) is 2.90. The molecule has 0 saturated heterocycles. The van der Waals surface area contributed by atoms with E-state index in [2.05, 4.69) is 15.3 Å². The molecule has 0 spiro atoms. The van der Waals surface area contributed by atoms with Crippen LogP contribution < -0.4 is 11.1 Å². The minimum absolute atomic E-state index is 0.536. The fourth-order valence-electron chi connectivity index (χ4n) is 1.45. The zero-order valence-corrected chi connectivity index (χ0v) is 10.4. The summed E-state index contributed by atoms with van der Waals surface area (Å²) in [6.45, 7) is 3.70. The lowest BCUT2D eigenvalue weighted by Crippen LogP contribution is -2.01. The van der Waals surface area contributed by atoms with Crippen molar-refractivity contribution in [2.75, 3.05) is 11.1 Å². The zero-order valence-electron chi connectivity index (χ0n) is 9.66. The highest BCUT2D eigenvalue weighted by molar-refractivity contribution is 6.31. The van der Waals surface area contributed by atoms with Crippen molar-refractivity contribution >= 4 is 28.9 Å². The number of halogens is 1. The van der Waals surface area contributed by atoms with Crippen LogP contribution in [0, 0.1) is 13.8 Å². The summed E-state index contributed by atoms with van der Waals surface area (Å²) in [6.07, 6.45) is 0. The molecule has 0 amide bonds. The van der Waals surface area contributed by atoms with Crippen LogP contribution in [0.5, 0.6) is 0 Å². The molecule has 0 unspecified atom stereocenters. The van der Waals surface area contributed by atoms with Gasteiger partial charge >= 0.3 is 0 Å². The SMILES string of the molecule is Cc1nc(Nc2ccc(N)cc2)nc(C)c1Cl. The van der Waals surface area contributed by atoms with E-state index in [4.69, 9.17) is 17.3 Å². The van der Waals surface area contributed by atoms with Gasteiger partial charge in [-0.15, -0.1) is 0 Å². The molecule has 0 bridgehead atoms. The van der Waals surface area contributed by atoms with Gasteiger partial charge in [0.15, 0.2) is 0 Å². The smallest absolute Gasteiger partial charge is 0.227 e. The Morgan fingerprint density at radius 1 is 1.06 bits per heavy atom. The monoisotopic (exact) mass is 248 g/mol. The highest BCUT2D eigenvalue weighted by Gasteiger charge is 2.06. The van der Waals surface area contributed by atoms with Crippen LogP contribution in [0.2, 0.25) is 5.02 Å². The number of hydrogen-bond acceptors (Lipinski definition) is 4. The predicted molar refractivity (Wildman–Crippen MR) is 70.7 cm³/mol. The molecule has 0 aliphatic rings. The molecule has 0 fully saturated rings. The fourth-order valence-corrected chi connectivity index (χ4v) is 1.54. The lowest BCUT2D eigenvalue weighted by molar-refractivity contribution is 1.06. The summed E-state index contributed by atoms with van der Waals surface area (Å²) in [5, 5.41) is 3.71. The third-order valence-electron chi connectivity index (χ3n) is 2.35. The molecule has 0 aliphatic heterocycles. The van der Waals surface area contributed by atoms with Crippen LogP contribution in [0.25, 0.3) is 0 Å². The van der Waals surface area contributed by atoms with Crippen LogP contribution in [-0.2, 0) is 0 Å². The van der Waals surface area contributed by atoms with Gasteiger partial charge in [0.05, 0.1) is 16.4 Å². The third kappa shape index (κ3) is 2.65. The Hall–Kier alpha value is -1.81. The quantitative estimate of drug-likeness (QED) is 0.802. The van der Waals surface area contributed by atoms with Gasteiger partial charge in [0.1, 0.15) is 0 Å². The van der Waals surface area contributed by atoms with Gasteiger partial charge in [0, 0.05) is 11.4 Å². The zero-order chi connectivity index (χ0) is 12.4. The number of rotatable bonds is 2. The second-order valence-corrected chi connectivity index (χ2v) is 4.16. The maximum absolute atomic E-state index is 6.00. The highest BCUT2D eigenvalue weighted by atomic mass is 35.5. The molecule has 1 aromatic carbocycles. The van der Waals surface area contributed by atoms with Crippen LogP contribution in [0.15, 0.2) is 24.3 Å². The van der Waals surface area contributed by atoms with Crippen molar-refractivity contribution in [2.24, 2.45) is 0 Å². The molecule has 5 heteroatoms. The second-order valence-electron chi connectivity index (χ2n) is 3.78. The van der Waals surface area contributed by atoms with Crippen molar-refractivity contribution in [3.63, 3.8) is 0 Å². The fraction of sp³-hybridized carbons (Fsp3) is 0.167. The van der Waals surface area contributed by atoms with E-state index >= 15 is 0 Å². The number of anilines is 3. The number of nitrogens with zero attached hydrogens (tertiary/aromatic N) is 2. The summed E-state index contributed by atoms with van der Waals surface area (Å²) in [7, 11) is 0. The van der Waals surface area contributed by atoms with Gasteiger partial charge in [-0.25, -0.2) is 9.97 Å². The van der Waals surface area contributed by atoms with Crippen molar-refractivity contribution in [1.82, 2.24) is 9.97 Å². The summed E-state index contributed by atoms with van der Waals surface area (Å²) in [4.78, 5) is 8.53. The van der Waals surface area contributed by atoms with E-state index in [-0.39, 0.29) is 0 Å². The van der Waals surface area contributed by atoms with E-state index in [1.54, 1.807) is 0 Å². The molecule has 0 saturated carbocycles. The van der Waals surface area contributed by atoms with E-state index in [0.29, 0.717) is 11.0 Å². The van der Waals surface area contributed by atoms with E-state index in [0.717, 1.165) is 22.8 Å². The van der Waals surface area contributed by atoms with E-state index in [1.165, 1.54) is 0 Å². The summed E-state index contributed by atoms with van der Waals surface area (Å²) in [6, 6.07) is 7.38. The Bertz CT molecular complexity index is 514. The van der Waals surface area contributed by atoms with Crippen LogP contribution in [-0.4, -0.2) is 9.97 Å². The first-order valence-corrected chi connectivity index (χ1v) is 5.57. The minimum Gasteiger partial charge on any atom is -0.399 e. The standard InChI is InChI=1S/C12H13ClN4/c1-7-11(13)8(2)16-12(15-7)17-10-5-3-9(14)4-6-10/h3-6H,14H2,1-2H3,(H,15,16,17). The molecule has 4 nitrogen and oxygen atoms in total. The minimum atomic E-state index is 0.536. The summed E-state index contributed by atoms with van der Waals surface area (Å²) >= 11 is 6.00. The predicted octanol–water partition coefficient (Wildman–Crippen LogP) is 3.07. The average Bonchev–Trinajstić information content (AvgIpc) is 2.29. The van der Waals surface area contributed by atoms with Crippen molar-refractivity contribution in [3.05, 3.63) is 40.7 Å². The molecular weight excluding hydrogens is 236 g/mol. The van der Waals surface area contributed by atoms with Crippen LogP contribution in [0.1, 0.15) is 11.4 Å². The molecule has 17 heavy (non-hydrogen) atoms. The van der Waals surface area contributed by atoms with Gasteiger partial charge < -0.3 is 11.1 Å². The Labute approximate surface area is 105 Å².